The second kappa shape index (κ2) is 5.66. The Bertz CT molecular complexity index is 524. The summed E-state index contributed by atoms with van der Waals surface area (Å²) < 4.78 is 0. The maximum absolute atomic E-state index is 12.6. The van der Waals surface area contributed by atoms with E-state index < -0.39 is 0 Å². The summed E-state index contributed by atoms with van der Waals surface area (Å²) in [5, 5.41) is 3.89. The molecule has 20 heavy (non-hydrogen) atoms. The van der Waals surface area contributed by atoms with Gasteiger partial charge in [0.25, 0.3) is 0 Å². The van der Waals surface area contributed by atoms with Crippen LogP contribution >= 0.6 is 23.8 Å². The molecular formula is C14H16ClN3OS. The van der Waals surface area contributed by atoms with Gasteiger partial charge in [-0.25, -0.2) is 0 Å². The van der Waals surface area contributed by atoms with E-state index in [1.807, 2.05) is 18.2 Å². The van der Waals surface area contributed by atoms with Crippen molar-refractivity contribution in [2.24, 2.45) is 5.92 Å². The maximum Gasteiger partial charge on any atom is 0.234 e. The molecule has 4 nitrogen and oxygen atoms in total. The largest absolute Gasteiger partial charge is 0.359 e. The molecule has 3 unspecified atom stereocenters. The summed E-state index contributed by atoms with van der Waals surface area (Å²) in [5.74, 6) is 0.0106. The molecule has 1 N–H and O–H groups in total. The van der Waals surface area contributed by atoms with Crippen LogP contribution in [0.5, 0.6) is 0 Å². The number of hydrogen-bond donors (Lipinski definition) is 1. The lowest BCUT2D eigenvalue weighted by Gasteiger charge is -2.42. The molecule has 2 aliphatic rings. The zero-order chi connectivity index (χ0) is 14.1. The van der Waals surface area contributed by atoms with Crippen molar-refractivity contribution < 1.29 is 4.79 Å². The number of halogens is 1. The van der Waals surface area contributed by atoms with Gasteiger partial charge in [-0.05, 0) is 43.6 Å². The van der Waals surface area contributed by atoms with E-state index in [2.05, 4.69) is 10.3 Å². The average Bonchev–Trinajstić information content (AvgIpc) is 2.46. The minimum Gasteiger partial charge on any atom is -0.359 e. The topological polar surface area (TPSA) is 45.2 Å². The average molecular weight is 310 g/mol. The fourth-order valence-corrected chi connectivity index (χ4v) is 3.53. The lowest BCUT2D eigenvalue weighted by molar-refractivity contribution is -0.135. The number of alkyl halides is 1. The zero-order valence-corrected chi connectivity index (χ0v) is 12.5. The third kappa shape index (κ3) is 2.65. The Kier molecular flexibility index (Phi) is 3.89. The molecule has 1 aliphatic heterocycles. The van der Waals surface area contributed by atoms with Gasteiger partial charge in [0.05, 0.1) is 18.2 Å². The van der Waals surface area contributed by atoms with E-state index in [1.54, 1.807) is 11.1 Å². The molecule has 1 amide bonds. The second-order valence-electron chi connectivity index (χ2n) is 5.32. The molecule has 1 saturated carbocycles. The van der Waals surface area contributed by atoms with E-state index >= 15 is 0 Å². The van der Waals surface area contributed by atoms with Crippen LogP contribution in [0.15, 0.2) is 24.4 Å². The third-order valence-electron chi connectivity index (χ3n) is 3.97. The van der Waals surface area contributed by atoms with Crippen molar-refractivity contribution in [3.8, 4) is 0 Å². The summed E-state index contributed by atoms with van der Waals surface area (Å²) in [4.78, 5) is 18.5. The summed E-state index contributed by atoms with van der Waals surface area (Å²) in [5.41, 5.74) is 0.835. The number of hydrogen-bond acceptors (Lipinski definition) is 3. The molecule has 1 aromatic rings. The molecule has 3 rings (SSSR count). The summed E-state index contributed by atoms with van der Waals surface area (Å²) in [6, 6.07) is 5.80. The predicted octanol–water partition coefficient (Wildman–Crippen LogP) is 2.07. The van der Waals surface area contributed by atoms with Crippen LogP contribution in [0, 0.1) is 5.92 Å². The molecule has 1 aromatic heterocycles. The Morgan fingerprint density at radius 2 is 2.30 bits per heavy atom. The van der Waals surface area contributed by atoms with Gasteiger partial charge in [0.2, 0.25) is 5.91 Å². The number of amides is 1. The van der Waals surface area contributed by atoms with Gasteiger partial charge < -0.3 is 5.32 Å². The minimum atomic E-state index is -0.0679. The van der Waals surface area contributed by atoms with Gasteiger partial charge in [-0.1, -0.05) is 6.07 Å². The van der Waals surface area contributed by atoms with Crippen molar-refractivity contribution in [2.75, 3.05) is 0 Å². The summed E-state index contributed by atoms with van der Waals surface area (Å²) in [6.07, 6.45) is 4.28. The normalized spacial score (nSPS) is 29.9. The van der Waals surface area contributed by atoms with Crippen molar-refractivity contribution in [2.45, 2.75) is 37.2 Å². The molecule has 2 heterocycles. The number of thiocarbonyl (C=S) groups is 1. The van der Waals surface area contributed by atoms with Crippen LogP contribution in [0.1, 0.15) is 25.0 Å². The minimum absolute atomic E-state index is 0.0679. The maximum atomic E-state index is 12.6. The highest BCUT2D eigenvalue weighted by Crippen LogP contribution is 2.32. The lowest BCUT2D eigenvalue weighted by Crippen LogP contribution is -2.61. The first-order valence-corrected chi connectivity index (χ1v) is 7.65. The van der Waals surface area contributed by atoms with Gasteiger partial charge >= 0.3 is 0 Å². The molecule has 1 aliphatic carbocycles. The molecule has 0 radical (unpaired) electrons. The van der Waals surface area contributed by atoms with E-state index in [1.165, 1.54) is 0 Å². The highest BCUT2D eigenvalue weighted by molar-refractivity contribution is 7.80. The molecule has 3 atom stereocenters. The molecule has 0 bridgehead atoms. The van der Waals surface area contributed by atoms with E-state index in [9.17, 15) is 4.79 Å². The van der Waals surface area contributed by atoms with Crippen LogP contribution in [0.2, 0.25) is 0 Å². The Morgan fingerprint density at radius 3 is 3.05 bits per heavy atom. The number of fused-ring (bicyclic) bond motifs is 1. The molecule has 1 saturated heterocycles. The molecular weight excluding hydrogens is 294 g/mol. The van der Waals surface area contributed by atoms with Crippen LogP contribution in [-0.2, 0) is 11.3 Å². The summed E-state index contributed by atoms with van der Waals surface area (Å²) >= 11 is 11.5. The van der Waals surface area contributed by atoms with E-state index in [0.717, 1.165) is 25.0 Å². The van der Waals surface area contributed by atoms with Crippen molar-refractivity contribution in [3.63, 3.8) is 0 Å². The van der Waals surface area contributed by atoms with Crippen molar-refractivity contribution >= 4 is 34.8 Å². The SMILES string of the molecule is O=C1C2CC(Cl)CCC2NC(=S)N1Cc1ccccn1. The quantitative estimate of drug-likeness (QED) is 0.671. The first-order chi connectivity index (χ1) is 9.65. The monoisotopic (exact) mass is 309 g/mol. The predicted molar refractivity (Wildman–Crippen MR) is 81.3 cm³/mol. The molecule has 6 heteroatoms. The number of carbonyl (C=O) groups is 1. The van der Waals surface area contributed by atoms with Gasteiger partial charge in [-0.3, -0.25) is 14.7 Å². The highest BCUT2D eigenvalue weighted by Gasteiger charge is 2.42. The van der Waals surface area contributed by atoms with Gasteiger partial charge in [0.1, 0.15) is 0 Å². The van der Waals surface area contributed by atoms with Gasteiger partial charge in [-0.2, -0.15) is 0 Å². The van der Waals surface area contributed by atoms with E-state index in [4.69, 9.17) is 23.8 Å². The molecule has 2 fully saturated rings. The van der Waals surface area contributed by atoms with Crippen molar-refractivity contribution in [1.82, 2.24) is 15.2 Å². The van der Waals surface area contributed by atoms with Crippen LogP contribution in [-0.4, -0.2) is 32.3 Å². The number of rotatable bonds is 2. The molecule has 0 spiro atoms. The van der Waals surface area contributed by atoms with Crippen LogP contribution in [0.25, 0.3) is 0 Å². The first-order valence-electron chi connectivity index (χ1n) is 6.81. The smallest absolute Gasteiger partial charge is 0.234 e. The van der Waals surface area contributed by atoms with E-state index in [0.29, 0.717) is 11.7 Å². The number of aromatic nitrogens is 1. The standard InChI is InChI=1S/C14H16ClN3OS/c15-9-4-5-12-11(7-9)13(19)18(14(20)17-12)8-10-3-1-2-6-16-10/h1-3,6,9,11-12H,4-5,7-8H2,(H,17,20). The van der Waals surface area contributed by atoms with Crippen LogP contribution in [0.3, 0.4) is 0 Å². The number of carbonyl (C=O) groups excluding carboxylic acids is 1. The van der Waals surface area contributed by atoms with Gasteiger partial charge in [0, 0.05) is 17.6 Å². The van der Waals surface area contributed by atoms with Gasteiger partial charge in [-0.15, -0.1) is 11.6 Å². The Balaban J connectivity index is 1.77. The van der Waals surface area contributed by atoms with Crippen LogP contribution in [0.4, 0.5) is 0 Å². The fourth-order valence-electron chi connectivity index (χ4n) is 2.91. The third-order valence-corrected chi connectivity index (χ3v) is 4.70. The first kappa shape index (κ1) is 13.8. The molecule has 106 valence electrons. The number of pyridine rings is 1. The number of nitrogens with zero attached hydrogens (tertiary/aromatic N) is 2. The Morgan fingerprint density at radius 1 is 1.45 bits per heavy atom. The highest BCUT2D eigenvalue weighted by atomic mass is 35.5. The fraction of sp³-hybridized carbons (Fsp3) is 0.500. The molecule has 0 aromatic carbocycles. The summed E-state index contributed by atoms with van der Waals surface area (Å²) in [6.45, 7) is 0.418. The van der Waals surface area contributed by atoms with Gasteiger partial charge in [0.15, 0.2) is 5.11 Å². The summed E-state index contributed by atoms with van der Waals surface area (Å²) in [7, 11) is 0. The Labute approximate surface area is 128 Å². The van der Waals surface area contributed by atoms with Crippen LogP contribution < -0.4 is 5.32 Å². The van der Waals surface area contributed by atoms with E-state index in [-0.39, 0.29) is 23.2 Å². The Hall–Kier alpha value is -1.20. The second-order valence-corrected chi connectivity index (χ2v) is 6.32. The van der Waals surface area contributed by atoms with Crippen molar-refractivity contribution in [1.29, 1.82) is 0 Å². The zero-order valence-electron chi connectivity index (χ0n) is 11.0. The lowest BCUT2D eigenvalue weighted by atomic mass is 9.82. The van der Waals surface area contributed by atoms with Crippen molar-refractivity contribution in [3.05, 3.63) is 30.1 Å². The number of nitrogens with one attached hydrogen (secondary N) is 1.